The van der Waals surface area contributed by atoms with E-state index in [9.17, 15) is 13.2 Å². The van der Waals surface area contributed by atoms with Crippen molar-refractivity contribution in [3.05, 3.63) is 69.9 Å². The number of sulfonamides is 1. The van der Waals surface area contributed by atoms with Gasteiger partial charge in [0.05, 0.1) is 17.3 Å². The topological polar surface area (TPSA) is 97.8 Å². The molecule has 1 heterocycles. The Morgan fingerprint density at radius 3 is 2.71 bits per heavy atom. The molecule has 1 aromatic heterocycles. The number of halogens is 2. The molecule has 1 atom stereocenters. The molecule has 0 spiro atoms. The van der Waals surface area contributed by atoms with Crippen molar-refractivity contribution >= 4 is 43.5 Å². The predicted octanol–water partition coefficient (Wildman–Crippen LogP) is 5.06. The Balaban J connectivity index is 1.79. The van der Waals surface area contributed by atoms with Crippen LogP contribution in [0.2, 0.25) is 5.02 Å². The van der Waals surface area contributed by atoms with Gasteiger partial charge in [0.1, 0.15) is 17.2 Å². The molecular formula is C24H27BrClN3O5S. The Morgan fingerprint density at radius 2 is 2.09 bits per heavy atom. The summed E-state index contributed by atoms with van der Waals surface area (Å²) in [5.41, 5.74) is 1.60. The van der Waals surface area contributed by atoms with E-state index in [2.05, 4.69) is 32.2 Å². The van der Waals surface area contributed by atoms with Crippen molar-refractivity contribution in [3.8, 4) is 11.6 Å². The van der Waals surface area contributed by atoms with Crippen LogP contribution in [0.4, 0.5) is 0 Å². The minimum atomic E-state index is -3.91. The molecule has 1 unspecified atom stereocenters. The van der Waals surface area contributed by atoms with Gasteiger partial charge in [0, 0.05) is 23.8 Å². The van der Waals surface area contributed by atoms with Crippen molar-refractivity contribution in [1.29, 1.82) is 0 Å². The number of pyridine rings is 1. The summed E-state index contributed by atoms with van der Waals surface area (Å²) in [6, 6.07) is 7.68. The van der Waals surface area contributed by atoms with Crippen molar-refractivity contribution in [2.24, 2.45) is 0 Å². The summed E-state index contributed by atoms with van der Waals surface area (Å²) in [4.78, 5) is 17.9. The van der Waals surface area contributed by atoms with Crippen LogP contribution in [-0.2, 0) is 19.6 Å². The number of carbonyl (C=O) groups is 1. The van der Waals surface area contributed by atoms with E-state index in [4.69, 9.17) is 21.1 Å². The Hall–Kier alpha value is -2.40. The number of aromatic nitrogens is 1. The molecule has 1 N–H and O–H groups in total. The minimum Gasteiger partial charge on any atom is -0.465 e. The lowest BCUT2D eigenvalue weighted by atomic mass is 9.91. The molecule has 3 rings (SSSR count). The maximum absolute atomic E-state index is 13.2. The number of esters is 1. The normalized spacial score (nSPS) is 16.1. The second-order valence-corrected chi connectivity index (χ2v) is 10.9. The van der Waals surface area contributed by atoms with Crippen LogP contribution < -0.4 is 9.46 Å². The Labute approximate surface area is 219 Å². The molecule has 0 amide bonds. The molecular weight excluding hydrogens is 558 g/mol. The molecule has 8 nitrogen and oxygen atoms in total. The van der Waals surface area contributed by atoms with E-state index in [-0.39, 0.29) is 23.3 Å². The van der Waals surface area contributed by atoms with Crippen molar-refractivity contribution in [3.63, 3.8) is 0 Å². The number of nitrogens with zero attached hydrogens (tertiary/aromatic N) is 2. The van der Waals surface area contributed by atoms with E-state index in [0.29, 0.717) is 34.7 Å². The zero-order valence-corrected chi connectivity index (χ0v) is 22.6. The second kappa shape index (κ2) is 12.0. The van der Waals surface area contributed by atoms with Gasteiger partial charge in [-0.2, -0.15) is 0 Å². The van der Waals surface area contributed by atoms with Gasteiger partial charge in [0.15, 0.2) is 0 Å². The summed E-state index contributed by atoms with van der Waals surface area (Å²) in [5.74, 6) is 0.391. The van der Waals surface area contributed by atoms with Crippen LogP contribution in [0.15, 0.2) is 69.8 Å². The lowest BCUT2D eigenvalue weighted by Gasteiger charge is -2.32. The number of hydrogen-bond donors (Lipinski definition) is 1. The highest BCUT2D eigenvalue weighted by Crippen LogP contribution is 2.32. The highest BCUT2D eigenvalue weighted by molar-refractivity contribution is 9.10. The molecule has 1 aliphatic carbocycles. The van der Waals surface area contributed by atoms with Gasteiger partial charge < -0.3 is 14.4 Å². The SMILES string of the molecule is C=CC1=C(N(C)CC(=O)OCC)CCCC1NS(=O)(=O)c1cnc(Oc2ccc(Cl)cc2)c(Br)c1. The standard InChI is InChI=1S/C24H27BrClN3O5S/c1-4-19-21(7-6-8-22(19)29(3)15-23(30)33-5-2)28-35(31,32)18-13-20(25)24(27-14-18)34-17-11-9-16(26)10-12-17/h4,9-14,21,28H,1,5-8,15H2,2-3H3. The summed E-state index contributed by atoms with van der Waals surface area (Å²) in [6.07, 6.45) is 4.94. The van der Waals surface area contributed by atoms with Crippen LogP contribution in [0.5, 0.6) is 11.6 Å². The second-order valence-electron chi connectivity index (χ2n) is 7.85. The third kappa shape index (κ3) is 7.07. The molecule has 1 aromatic carbocycles. The number of rotatable bonds is 10. The maximum Gasteiger partial charge on any atom is 0.325 e. The summed E-state index contributed by atoms with van der Waals surface area (Å²) < 4.78 is 40.3. The number of nitrogens with one attached hydrogen (secondary N) is 1. The molecule has 188 valence electrons. The quantitative estimate of drug-likeness (QED) is 0.390. The van der Waals surface area contributed by atoms with E-state index >= 15 is 0 Å². The number of allylic oxidation sites excluding steroid dienone is 1. The zero-order valence-electron chi connectivity index (χ0n) is 19.5. The van der Waals surface area contributed by atoms with Gasteiger partial charge >= 0.3 is 5.97 Å². The predicted molar refractivity (Wildman–Crippen MR) is 138 cm³/mol. The average Bonchev–Trinajstić information content (AvgIpc) is 2.81. The first-order valence-electron chi connectivity index (χ1n) is 11.0. The van der Waals surface area contributed by atoms with E-state index < -0.39 is 16.1 Å². The Bertz CT molecular complexity index is 1220. The van der Waals surface area contributed by atoms with Crippen LogP contribution in [-0.4, -0.2) is 50.5 Å². The Kier molecular flexibility index (Phi) is 9.34. The van der Waals surface area contributed by atoms with Crippen molar-refractivity contribution in [1.82, 2.24) is 14.6 Å². The molecule has 0 fully saturated rings. The number of ether oxygens (including phenoxy) is 2. The lowest BCUT2D eigenvalue weighted by Crippen LogP contribution is -2.40. The first-order valence-corrected chi connectivity index (χ1v) is 13.6. The molecule has 0 saturated heterocycles. The molecule has 0 saturated carbocycles. The van der Waals surface area contributed by atoms with E-state index in [1.165, 1.54) is 12.3 Å². The number of carbonyl (C=O) groups excluding carboxylic acids is 1. The van der Waals surface area contributed by atoms with Gasteiger partial charge in [-0.05, 0) is 78.0 Å². The number of likely N-dealkylation sites (N-methyl/N-ethyl adjacent to an activating group) is 1. The first-order chi connectivity index (χ1) is 16.6. The fourth-order valence-corrected chi connectivity index (χ4v) is 5.69. The minimum absolute atomic E-state index is 0.0109. The lowest BCUT2D eigenvalue weighted by molar-refractivity contribution is -0.143. The van der Waals surface area contributed by atoms with Crippen molar-refractivity contribution in [2.75, 3.05) is 20.2 Å². The van der Waals surface area contributed by atoms with E-state index in [1.54, 1.807) is 49.2 Å². The van der Waals surface area contributed by atoms with Crippen LogP contribution >= 0.6 is 27.5 Å². The van der Waals surface area contributed by atoms with Gasteiger partial charge in [-0.1, -0.05) is 24.3 Å². The third-order valence-electron chi connectivity index (χ3n) is 5.39. The monoisotopic (exact) mass is 583 g/mol. The molecule has 1 aliphatic rings. The van der Waals surface area contributed by atoms with Crippen LogP contribution in [0, 0.1) is 0 Å². The van der Waals surface area contributed by atoms with Gasteiger partial charge in [0.25, 0.3) is 0 Å². The largest absolute Gasteiger partial charge is 0.465 e. The Morgan fingerprint density at radius 1 is 1.37 bits per heavy atom. The fraction of sp³-hybridized carbons (Fsp3) is 0.333. The van der Waals surface area contributed by atoms with Crippen LogP contribution in [0.3, 0.4) is 0 Å². The van der Waals surface area contributed by atoms with Gasteiger partial charge in [-0.3, -0.25) is 4.79 Å². The van der Waals surface area contributed by atoms with E-state index in [1.807, 2.05) is 0 Å². The highest BCUT2D eigenvalue weighted by Gasteiger charge is 2.29. The molecule has 0 aliphatic heterocycles. The van der Waals surface area contributed by atoms with Crippen molar-refractivity contribution in [2.45, 2.75) is 37.1 Å². The smallest absolute Gasteiger partial charge is 0.325 e. The molecule has 2 aromatic rings. The number of hydrogen-bond acceptors (Lipinski definition) is 7. The maximum atomic E-state index is 13.2. The van der Waals surface area contributed by atoms with Crippen molar-refractivity contribution < 1.29 is 22.7 Å². The molecule has 35 heavy (non-hydrogen) atoms. The summed E-state index contributed by atoms with van der Waals surface area (Å²) in [6.45, 7) is 6.00. The molecule has 11 heteroatoms. The summed E-state index contributed by atoms with van der Waals surface area (Å²) in [7, 11) is -2.12. The fourth-order valence-electron chi connectivity index (χ4n) is 3.76. The van der Waals surface area contributed by atoms with Gasteiger partial charge in [-0.15, -0.1) is 0 Å². The third-order valence-corrected chi connectivity index (χ3v) is 7.64. The summed E-state index contributed by atoms with van der Waals surface area (Å²) in [5, 5.41) is 0.572. The molecule has 0 radical (unpaired) electrons. The highest BCUT2D eigenvalue weighted by atomic mass is 79.9. The van der Waals surface area contributed by atoms with Gasteiger partial charge in [0.2, 0.25) is 15.9 Å². The number of benzene rings is 1. The van der Waals surface area contributed by atoms with E-state index in [0.717, 1.165) is 17.7 Å². The zero-order chi connectivity index (χ0) is 25.6. The van der Waals surface area contributed by atoms with Crippen LogP contribution in [0.1, 0.15) is 26.2 Å². The summed E-state index contributed by atoms with van der Waals surface area (Å²) >= 11 is 9.24. The molecule has 0 bridgehead atoms. The average molecular weight is 585 g/mol. The van der Waals surface area contributed by atoms with Gasteiger partial charge in [-0.25, -0.2) is 18.1 Å². The van der Waals surface area contributed by atoms with Crippen LogP contribution in [0.25, 0.3) is 0 Å². The first kappa shape index (κ1) is 27.2.